The SMILES string of the molecule is COC1CC(C(=O)O)N(C(=O)N(CCO)C2CC2)C1. The van der Waals surface area contributed by atoms with Crippen molar-refractivity contribution in [2.45, 2.75) is 37.5 Å². The second-order valence-corrected chi connectivity index (χ2v) is 5.03. The molecule has 108 valence electrons. The summed E-state index contributed by atoms with van der Waals surface area (Å²) in [6.45, 7) is 0.437. The fourth-order valence-corrected chi connectivity index (χ4v) is 2.51. The molecule has 2 fully saturated rings. The summed E-state index contributed by atoms with van der Waals surface area (Å²) in [6, 6.07) is -0.989. The third-order valence-corrected chi connectivity index (χ3v) is 3.70. The zero-order valence-electron chi connectivity index (χ0n) is 11.0. The Balaban J connectivity index is 2.08. The van der Waals surface area contributed by atoms with E-state index in [1.165, 1.54) is 12.0 Å². The summed E-state index contributed by atoms with van der Waals surface area (Å²) in [5.74, 6) is -1.01. The van der Waals surface area contributed by atoms with Gasteiger partial charge in [0.25, 0.3) is 0 Å². The number of hydrogen-bond acceptors (Lipinski definition) is 4. The molecule has 0 bridgehead atoms. The molecule has 1 saturated heterocycles. The van der Waals surface area contributed by atoms with Gasteiger partial charge in [-0.15, -0.1) is 0 Å². The minimum absolute atomic E-state index is 0.110. The molecule has 19 heavy (non-hydrogen) atoms. The van der Waals surface area contributed by atoms with Crippen molar-refractivity contribution in [2.75, 3.05) is 26.8 Å². The van der Waals surface area contributed by atoms with Gasteiger partial charge in [-0.05, 0) is 12.8 Å². The molecule has 0 radical (unpaired) electrons. The van der Waals surface area contributed by atoms with Crippen LogP contribution in [0.25, 0.3) is 0 Å². The molecule has 7 nitrogen and oxygen atoms in total. The molecule has 0 aromatic heterocycles. The Morgan fingerprint density at radius 1 is 1.42 bits per heavy atom. The zero-order chi connectivity index (χ0) is 14.0. The Kier molecular flexibility index (Phi) is 4.26. The normalized spacial score (nSPS) is 26.5. The second-order valence-electron chi connectivity index (χ2n) is 5.03. The molecule has 7 heteroatoms. The van der Waals surface area contributed by atoms with Gasteiger partial charge >= 0.3 is 12.0 Å². The number of aliphatic carboxylic acids is 1. The number of methoxy groups -OCH3 is 1. The summed E-state index contributed by atoms with van der Waals surface area (Å²) in [7, 11) is 1.52. The number of aliphatic hydroxyl groups excluding tert-OH is 1. The standard InChI is InChI=1S/C12H20N2O5/c1-19-9-6-10(11(16)17)14(7-9)12(18)13(4-5-15)8-2-3-8/h8-10,15H,2-7H2,1H3,(H,16,17). The average Bonchev–Trinajstić information content (AvgIpc) is 3.12. The second kappa shape index (κ2) is 5.75. The van der Waals surface area contributed by atoms with Gasteiger partial charge in [-0.3, -0.25) is 0 Å². The summed E-state index contributed by atoms with van der Waals surface area (Å²) < 4.78 is 5.16. The Morgan fingerprint density at radius 3 is 2.58 bits per heavy atom. The van der Waals surface area contributed by atoms with Crippen LogP contribution in [0.1, 0.15) is 19.3 Å². The smallest absolute Gasteiger partial charge is 0.326 e. The van der Waals surface area contributed by atoms with Crippen LogP contribution in [-0.4, -0.2) is 77.0 Å². The van der Waals surface area contributed by atoms with Gasteiger partial charge < -0.3 is 24.7 Å². The van der Waals surface area contributed by atoms with Crippen LogP contribution in [0.5, 0.6) is 0 Å². The Hall–Kier alpha value is -1.34. The largest absolute Gasteiger partial charge is 0.480 e. The first-order valence-corrected chi connectivity index (χ1v) is 6.52. The van der Waals surface area contributed by atoms with E-state index in [0.717, 1.165) is 12.8 Å². The number of hydrogen-bond donors (Lipinski definition) is 2. The van der Waals surface area contributed by atoms with E-state index in [1.54, 1.807) is 4.90 Å². The number of amides is 2. The molecule has 1 aliphatic carbocycles. The maximum Gasteiger partial charge on any atom is 0.326 e. The Morgan fingerprint density at radius 2 is 2.11 bits per heavy atom. The predicted octanol–water partition coefficient (Wildman–Crippen LogP) is -0.263. The van der Waals surface area contributed by atoms with E-state index < -0.39 is 12.0 Å². The van der Waals surface area contributed by atoms with Crippen LogP contribution in [0.3, 0.4) is 0 Å². The van der Waals surface area contributed by atoms with Crippen molar-refractivity contribution in [1.29, 1.82) is 0 Å². The van der Waals surface area contributed by atoms with Gasteiger partial charge in [-0.25, -0.2) is 9.59 Å². The summed E-state index contributed by atoms with van der Waals surface area (Å²) in [5.41, 5.74) is 0. The van der Waals surface area contributed by atoms with Gasteiger partial charge in [0, 0.05) is 32.7 Å². The lowest BCUT2D eigenvalue weighted by atomic mass is 10.2. The first-order valence-electron chi connectivity index (χ1n) is 6.52. The first-order chi connectivity index (χ1) is 9.08. The van der Waals surface area contributed by atoms with Crippen LogP contribution >= 0.6 is 0 Å². The van der Waals surface area contributed by atoms with E-state index in [9.17, 15) is 14.7 Å². The van der Waals surface area contributed by atoms with Crippen LogP contribution in [0, 0.1) is 0 Å². The zero-order valence-corrected chi connectivity index (χ0v) is 11.0. The molecular formula is C12H20N2O5. The lowest BCUT2D eigenvalue weighted by Gasteiger charge is -2.29. The molecule has 0 aromatic rings. The molecule has 2 N–H and O–H groups in total. The van der Waals surface area contributed by atoms with Gasteiger partial charge in [0.2, 0.25) is 0 Å². The molecule has 1 saturated carbocycles. The van der Waals surface area contributed by atoms with Gasteiger partial charge in [0.15, 0.2) is 0 Å². The van der Waals surface area contributed by atoms with Crippen molar-refractivity contribution in [3.8, 4) is 0 Å². The molecule has 1 heterocycles. The third-order valence-electron chi connectivity index (χ3n) is 3.70. The monoisotopic (exact) mass is 272 g/mol. The number of carboxylic acids is 1. The number of likely N-dealkylation sites (tertiary alicyclic amines) is 1. The van der Waals surface area contributed by atoms with Crippen LogP contribution in [0.15, 0.2) is 0 Å². The van der Waals surface area contributed by atoms with Crippen molar-refractivity contribution in [1.82, 2.24) is 9.80 Å². The van der Waals surface area contributed by atoms with E-state index in [-0.39, 0.29) is 31.3 Å². The Bertz CT molecular complexity index is 358. The Labute approximate surface area is 111 Å². The van der Waals surface area contributed by atoms with Crippen molar-refractivity contribution < 1.29 is 24.5 Å². The summed E-state index contributed by atoms with van der Waals surface area (Å²) >= 11 is 0. The van der Waals surface area contributed by atoms with Crippen molar-refractivity contribution in [3.05, 3.63) is 0 Å². The first kappa shape index (κ1) is 14.1. The number of carbonyl (C=O) groups is 2. The molecule has 2 rings (SSSR count). The number of carbonyl (C=O) groups excluding carboxylic acids is 1. The molecule has 2 unspecified atom stereocenters. The highest BCUT2D eigenvalue weighted by Gasteiger charge is 2.44. The van der Waals surface area contributed by atoms with Gasteiger partial charge in [-0.2, -0.15) is 0 Å². The minimum atomic E-state index is -1.01. The molecule has 2 atom stereocenters. The number of aliphatic hydroxyl groups is 1. The van der Waals surface area contributed by atoms with E-state index in [1.807, 2.05) is 0 Å². The molecular weight excluding hydrogens is 252 g/mol. The molecule has 1 aliphatic heterocycles. The quantitative estimate of drug-likeness (QED) is 0.719. The highest BCUT2D eigenvalue weighted by molar-refractivity contribution is 5.84. The van der Waals surface area contributed by atoms with E-state index >= 15 is 0 Å². The molecule has 0 spiro atoms. The fourth-order valence-electron chi connectivity index (χ4n) is 2.51. The number of rotatable bonds is 5. The van der Waals surface area contributed by atoms with Crippen molar-refractivity contribution >= 4 is 12.0 Å². The molecule has 2 aliphatic rings. The maximum absolute atomic E-state index is 12.4. The van der Waals surface area contributed by atoms with Gasteiger partial charge in [0.1, 0.15) is 6.04 Å². The lowest BCUT2D eigenvalue weighted by Crippen LogP contribution is -2.49. The van der Waals surface area contributed by atoms with E-state index in [4.69, 9.17) is 9.84 Å². The minimum Gasteiger partial charge on any atom is -0.480 e. The van der Waals surface area contributed by atoms with E-state index in [0.29, 0.717) is 13.0 Å². The summed E-state index contributed by atoms with van der Waals surface area (Å²) in [4.78, 5) is 26.6. The summed E-state index contributed by atoms with van der Waals surface area (Å²) in [6.07, 6.45) is 1.92. The third kappa shape index (κ3) is 2.98. The number of nitrogens with zero attached hydrogens (tertiary/aromatic N) is 2. The highest BCUT2D eigenvalue weighted by atomic mass is 16.5. The van der Waals surface area contributed by atoms with Gasteiger partial charge in [0.05, 0.1) is 12.7 Å². The predicted molar refractivity (Wildman–Crippen MR) is 65.8 cm³/mol. The average molecular weight is 272 g/mol. The lowest BCUT2D eigenvalue weighted by molar-refractivity contribution is -0.141. The molecule has 2 amide bonds. The van der Waals surface area contributed by atoms with E-state index in [2.05, 4.69) is 0 Å². The van der Waals surface area contributed by atoms with Crippen molar-refractivity contribution in [3.63, 3.8) is 0 Å². The maximum atomic E-state index is 12.4. The number of carboxylic acid groups (broad SMARTS) is 1. The van der Waals surface area contributed by atoms with Crippen LogP contribution in [0.4, 0.5) is 4.79 Å². The number of ether oxygens (including phenoxy) is 1. The van der Waals surface area contributed by atoms with Crippen LogP contribution < -0.4 is 0 Å². The van der Waals surface area contributed by atoms with Crippen LogP contribution in [-0.2, 0) is 9.53 Å². The fraction of sp³-hybridized carbons (Fsp3) is 0.833. The van der Waals surface area contributed by atoms with Gasteiger partial charge in [-0.1, -0.05) is 0 Å². The number of urea groups is 1. The highest BCUT2D eigenvalue weighted by Crippen LogP contribution is 2.30. The molecule has 0 aromatic carbocycles. The summed E-state index contributed by atoms with van der Waals surface area (Å²) in [5, 5.41) is 18.2. The van der Waals surface area contributed by atoms with Crippen LogP contribution in [0.2, 0.25) is 0 Å². The topological polar surface area (TPSA) is 90.3 Å². The van der Waals surface area contributed by atoms with Crippen molar-refractivity contribution in [2.24, 2.45) is 0 Å².